The Bertz CT molecular complexity index is 368. The van der Waals surface area contributed by atoms with Crippen LogP contribution in [0.25, 0.3) is 0 Å². The first-order valence-corrected chi connectivity index (χ1v) is 5.86. The molecule has 92 valence electrons. The van der Waals surface area contributed by atoms with Crippen molar-refractivity contribution < 1.29 is 14.3 Å². The lowest BCUT2D eigenvalue weighted by molar-refractivity contribution is -0.137. The fraction of sp³-hybridized carbons (Fsp3) is 0.357. The number of carbonyl (C=O) groups excluding carboxylic acids is 1. The van der Waals surface area contributed by atoms with Gasteiger partial charge in [0.2, 0.25) is 0 Å². The summed E-state index contributed by atoms with van der Waals surface area (Å²) < 4.78 is 10.5. The number of hydrogen-bond acceptors (Lipinski definition) is 3. The Kier molecular flexibility index (Phi) is 5.86. The molecule has 0 saturated heterocycles. The Labute approximate surface area is 102 Å². The summed E-state index contributed by atoms with van der Waals surface area (Å²) in [4.78, 5) is 11.3. The van der Waals surface area contributed by atoms with E-state index in [1.165, 1.54) is 6.08 Å². The number of benzene rings is 1. The van der Waals surface area contributed by atoms with Crippen molar-refractivity contribution in [1.82, 2.24) is 0 Å². The Balaban J connectivity index is 2.69. The second-order valence-corrected chi connectivity index (χ2v) is 3.53. The van der Waals surface area contributed by atoms with E-state index in [-0.39, 0.29) is 5.97 Å². The Morgan fingerprint density at radius 2 is 1.94 bits per heavy atom. The molecule has 0 aliphatic heterocycles. The molecule has 0 radical (unpaired) electrons. The smallest absolute Gasteiger partial charge is 0.334 e. The van der Waals surface area contributed by atoms with Crippen LogP contribution >= 0.6 is 0 Å². The standard InChI is InChI=1S/C14H18O3/c1-3-8-13(11-14(15)16-4-2)17-12-9-6-5-7-10-12/h5-7,9-11H,3-4,8H2,1-2H3/b13-11-. The lowest BCUT2D eigenvalue weighted by Crippen LogP contribution is -2.04. The van der Waals surface area contributed by atoms with Gasteiger partial charge >= 0.3 is 5.97 Å². The van der Waals surface area contributed by atoms with E-state index >= 15 is 0 Å². The molecule has 0 aliphatic carbocycles. The molecule has 1 rings (SSSR count). The van der Waals surface area contributed by atoms with Crippen molar-refractivity contribution in [2.45, 2.75) is 26.7 Å². The summed E-state index contributed by atoms with van der Waals surface area (Å²) in [6.45, 7) is 4.19. The number of allylic oxidation sites excluding steroid dienone is 1. The van der Waals surface area contributed by atoms with Gasteiger partial charge in [0.1, 0.15) is 11.5 Å². The third-order valence-electron chi connectivity index (χ3n) is 2.05. The summed E-state index contributed by atoms with van der Waals surface area (Å²) in [7, 11) is 0. The summed E-state index contributed by atoms with van der Waals surface area (Å²) in [6.07, 6.45) is 3.05. The number of hydrogen-bond donors (Lipinski definition) is 0. The fourth-order valence-corrected chi connectivity index (χ4v) is 1.35. The van der Waals surface area contributed by atoms with Gasteiger partial charge in [-0.25, -0.2) is 4.79 Å². The van der Waals surface area contributed by atoms with Crippen molar-refractivity contribution in [3.05, 3.63) is 42.2 Å². The zero-order chi connectivity index (χ0) is 12.5. The minimum absolute atomic E-state index is 0.355. The SMILES string of the molecule is CCC/C(=C/C(=O)OCC)Oc1ccccc1. The largest absolute Gasteiger partial charge is 0.463 e. The number of esters is 1. The normalized spacial score (nSPS) is 11.1. The molecule has 0 spiro atoms. The average Bonchev–Trinajstić information content (AvgIpc) is 2.31. The molecule has 0 atom stereocenters. The van der Waals surface area contributed by atoms with Crippen molar-refractivity contribution in [2.75, 3.05) is 6.61 Å². The highest BCUT2D eigenvalue weighted by Gasteiger charge is 2.04. The number of carbonyl (C=O) groups is 1. The minimum atomic E-state index is -0.355. The second kappa shape index (κ2) is 7.49. The maximum Gasteiger partial charge on any atom is 0.334 e. The highest BCUT2D eigenvalue weighted by molar-refractivity contribution is 5.82. The molecule has 1 aromatic carbocycles. The predicted octanol–water partition coefficient (Wildman–Crippen LogP) is 3.31. The van der Waals surface area contributed by atoms with E-state index < -0.39 is 0 Å². The molecule has 0 heterocycles. The van der Waals surface area contributed by atoms with E-state index in [0.29, 0.717) is 18.8 Å². The molecule has 0 bridgehead atoms. The Morgan fingerprint density at radius 1 is 1.24 bits per heavy atom. The fourth-order valence-electron chi connectivity index (χ4n) is 1.35. The summed E-state index contributed by atoms with van der Waals surface area (Å²) in [6, 6.07) is 9.41. The molecule has 0 amide bonds. The van der Waals surface area contributed by atoms with Crippen LogP contribution in [0.3, 0.4) is 0 Å². The molecule has 1 aromatic rings. The molecule has 0 aromatic heterocycles. The number of ether oxygens (including phenoxy) is 2. The van der Waals surface area contributed by atoms with Gasteiger partial charge in [-0.15, -0.1) is 0 Å². The van der Waals surface area contributed by atoms with Crippen molar-refractivity contribution in [3.63, 3.8) is 0 Å². The summed E-state index contributed by atoms with van der Waals surface area (Å²) in [5.74, 6) is 1.01. The first kappa shape index (κ1) is 13.3. The number of rotatable bonds is 6. The third kappa shape index (κ3) is 5.20. The maximum atomic E-state index is 11.3. The quantitative estimate of drug-likeness (QED) is 0.430. The van der Waals surface area contributed by atoms with Crippen LogP contribution in [0.4, 0.5) is 0 Å². The lowest BCUT2D eigenvalue weighted by Gasteiger charge is -2.08. The van der Waals surface area contributed by atoms with Crippen LogP contribution in [0.1, 0.15) is 26.7 Å². The van der Waals surface area contributed by atoms with Gasteiger partial charge in [0, 0.05) is 6.42 Å². The van der Waals surface area contributed by atoms with Crippen molar-refractivity contribution in [3.8, 4) is 5.75 Å². The van der Waals surface area contributed by atoms with Crippen LogP contribution in [0, 0.1) is 0 Å². The number of para-hydroxylation sites is 1. The molecular weight excluding hydrogens is 216 g/mol. The monoisotopic (exact) mass is 234 g/mol. The van der Waals surface area contributed by atoms with Crippen molar-refractivity contribution in [2.24, 2.45) is 0 Å². The van der Waals surface area contributed by atoms with Gasteiger partial charge < -0.3 is 9.47 Å². The molecule has 0 aliphatic rings. The van der Waals surface area contributed by atoms with E-state index in [9.17, 15) is 4.79 Å². The van der Waals surface area contributed by atoms with E-state index in [0.717, 1.165) is 12.2 Å². The zero-order valence-electron chi connectivity index (χ0n) is 10.3. The van der Waals surface area contributed by atoms with E-state index in [2.05, 4.69) is 0 Å². The first-order chi connectivity index (χ1) is 8.26. The van der Waals surface area contributed by atoms with Crippen molar-refractivity contribution >= 4 is 5.97 Å². The Hall–Kier alpha value is -1.77. The highest BCUT2D eigenvalue weighted by atomic mass is 16.5. The molecule has 0 unspecified atom stereocenters. The van der Waals surface area contributed by atoms with Crippen molar-refractivity contribution in [1.29, 1.82) is 0 Å². The third-order valence-corrected chi connectivity index (χ3v) is 2.05. The zero-order valence-corrected chi connectivity index (χ0v) is 10.3. The van der Waals surface area contributed by atoms with Gasteiger partial charge in [0.15, 0.2) is 0 Å². The van der Waals surface area contributed by atoms with Crippen LogP contribution < -0.4 is 4.74 Å². The lowest BCUT2D eigenvalue weighted by atomic mass is 10.2. The van der Waals surface area contributed by atoms with Gasteiger partial charge in [-0.3, -0.25) is 0 Å². The molecule has 3 nitrogen and oxygen atoms in total. The van der Waals surface area contributed by atoms with Crippen LogP contribution in [0.5, 0.6) is 5.75 Å². The minimum Gasteiger partial charge on any atom is -0.463 e. The van der Waals surface area contributed by atoms with Gasteiger partial charge in [0.05, 0.1) is 12.7 Å². The molecule has 0 fully saturated rings. The summed E-state index contributed by atoms with van der Waals surface area (Å²) in [5, 5.41) is 0. The van der Waals surface area contributed by atoms with Gasteiger partial charge in [-0.2, -0.15) is 0 Å². The maximum absolute atomic E-state index is 11.3. The summed E-state index contributed by atoms with van der Waals surface area (Å²) >= 11 is 0. The summed E-state index contributed by atoms with van der Waals surface area (Å²) in [5.41, 5.74) is 0. The van der Waals surface area contributed by atoms with Gasteiger partial charge in [-0.1, -0.05) is 25.1 Å². The molecule has 0 saturated carbocycles. The second-order valence-electron chi connectivity index (χ2n) is 3.53. The highest BCUT2D eigenvalue weighted by Crippen LogP contribution is 2.15. The molecule has 0 N–H and O–H groups in total. The van der Waals surface area contributed by atoms with Gasteiger partial charge in [0.25, 0.3) is 0 Å². The topological polar surface area (TPSA) is 35.5 Å². The van der Waals surface area contributed by atoms with Crippen LogP contribution in [-0.2, 0) is 9.53 Å². The van der Waals surface area contributed by atoms with E-state index in [4.69, 9.17) is 9.47 Å². The Morgan fingerprint density at radius 3 is 2.53 bits per heavy atom. The molecular formula is C14H18O3. The van der Waals surface area contributed by atoms with Gasteiger partial charge in [-0.05, 0) is 25.5 Å². The average molecular weight is 234 g/mol. The molecule has 3 heteroatoms. The van der Waals surface area contributed by atoms with E-state index in [1.54, 1.807) is 6.92 Å². The van der Waals surface area contributed by atoms with Crippen LogP contribution in [0.15, 0.2) is 42.2 Å². The predicted molar refractivity (Wildman–Crippen MR) is 66.7 cm³/mol. The first-order valence-electron chi connectivity index (χ1n) is 5.86. The van der Waals surface area contributed by atoms with E-state index in [1.807, 2.05) is 37.3 Å². The molecule has 17 heavy (non-hydrogen) atoms. The van der Waals surface area contributed by atoms with Crippen LogP contribution in [0.2, 0.25) is 0 Å². The van der Waals surface area contributed by atoms with Crippen LogP contribution in [-0.4, -0.2) is 12.6 Å².